The quantitative estimate of drug-likeness (QED) is 0.911. The van der Waals surface area contributed by atoms with Crippen LogP contribution in [-0.4, -0.2) is 14.8 Å². The summed E-state index contributed by atoms with van der Waals surface area (Å²) < 4.78 is 1.82. The molecular formula is C16H20N4. The van der Waals surface area contributed by atoms with Gasteiger partial charge in [0.25, 0.3) is 0 Å². The number of nitrogens with two attached hydrogens (primary N) is 1. The number of pyridine rings is 1. The van der Waals surface area contributed by atoms with E-state index in [1.807, 2.05) is 24.0 Å². The van der Waals surface area contributed by atoms with Gasteiger partial charge in [-0.3, -0.25) is 9.67 Å². The second-order valence-corrected chi connectivity index (χ2v) is 6.15. The highest BCUT2D eigenvalue weighted by atomic mass is 15.3. The molecule has 0 saturated heterocycles. The van der Waals surface area contributed by atoms with Crippen LogP contribution in [0.3, 0.4) is 0 Å². The zero-order valence-corrected chi connectivity index (χ0v) is 11.8. The van der Waals surface area contributed by atoms with E-state index in [9.17, 15) is 0 Å². The molecule has 2 aromatic rings. The monoisotopic (exact) mass is 268 g/mol. The molecule has 2 aliphatic rings. The van der Waals surface area contributed by atoms with Gasteiger partial charge in [-0.05, 0) is 30.7 Å². The predicted molar refractivity (Wildman–Crippen MR) is 79.0 cm³/mol. The van der Waals surface area contributed by atoms with Crippen molar-refractivity contribution in [3.63, 3.8) is 0 Å². The lowest BCUT2D eigenvalue weighted by molar-refractivity contribution is 0.480. The lowest BCUT2D eigenvalue weighted by atomic mass is 10.0. The molecule has 2 heterocycles. The molecule has 0 aromatic carbocycles. The van der Waals surface area contributed by atoms with Crippen LogP contribution in [0.25, 0.3) is 11.1 Å². The van der Waals surface area contributed by atoms with Crippen LogP contribution < -0.4 is 5.73 Å². The predicted octanol–water partition coefficient (Wildman–Crippen LogP) is 2.97. The van der Waals surface area contributed by atoms with E-state index in [1.165, 1.54) is 31.4 Å². The van der Waals surface area contributed by atoms with Gasteiger partial charge in [0.05, 0.1) is 5.69 Å². The van der Waals surface area contributed by atoms with Crippen molar-refractivity contribution in [1.82, 2.24) is 14.8 Å². The first-order valence-electron chi connectivity index (χ1n) is 7.50. The Morgan fingerprint density at radius 3 is 2.65 bits per heavy atom. The third-order valence-electron chi connectivity index (χ3n) is 5.04. The summed E-state index contributed by atoms with van der Waals surface area (Å²) >= 11 is 0. The Hall–Kier alpha value is -1.84. The standard InChI is InChI=1S/C16H20N4/c1-20-16(17)13(10-5-4-8-18-9-10)15(19-20)14-11-6-2-3-7-12(11)14/h4-5,8-9,11-12,14H,2-3,6-7,17H2,1H3. The van der Waals surface area contributed by atoms with Crippen LogP contribution in [-0.2, 0) is 7.05 Å². The minimum Gasteiger partial charge on any atom is -0.383 e. The van der Waals surface area contributed by atoms with E-state index < -0.39 is 0 Å². The lowest BCUT2D eigenvalue weighted by Gasteiger charge is -2.04. The maximum Gasteiger partial charge on any atom is 0.129 e. The second kappa shape index (κ2) is 4.33. The zero-order chi connectivity index (χ0) is 13.7. The maximum atomic E-state index is 6.26. The van der Waals surface area contributed by atoms with Crippen LogP contribution in [0, 0.1) is 11.8 Å². The molecule has 20 heavy (non-hydrogen) atoms. The highest BCUT2D eigenvalue weighted by Gasteiger charge is 2.53. The fraction of sp³-hybridized carbons (Fsp3) is 0.500. The molecule has 2 unspecified atom stereocenters. The molecule has 2 saturated carbocycles. The normalized spacial score (nSPS) is 28.1. The second-order valence-electron chi connectivity index (χ2n) is 6.15. The van der Waals surface area contributed by atoms with Crippen molar-refractivity contribution in [2.45, 2.75) is 31.6 Å². The number of nitrogen functional groups attached to an aromatic ring is 1. The Kier molecular flexibility index (Phi) is 2.59. The summed E-state index contributed by atoms with van der Waals surface area (Å²) in [7, 11) is 1.94. The topological polar surface area (TPSA) is 56.7 Å². The van der Waals surface area contributed by atoms with Gasteiger partial charge in [-0.25, -0.2) is 0 Å². The van der Waals surface area contributed by atoms with Crippen LogP contribution in [0.1, 0.15) is 37.3 Å². The first-order valence-corrected chi connectivity index (χ1v) is 7.50. The molecule has 0 radical (unpaired) electrons. The molecule has 2 atom stereocenters. The first kappa shape index (κ1) is 11.9. The number of fused-ring (bicyclic) bond motifs is 1. The summed E-state index contributed by atoms with van der Waals surface area (Å²) in [5.74, 6) is 3.06. The summed E-state index contributed by atoms with van der Waals surface area (Å²) in [5, 5.41) is 4.74. The molecule has 4 heteroatoms. The summed E-state index contributed by atoms with van der Waals surface area (Å²) in [5.41, 5.74) is 9.67. The Labute approximate surface area is 119 Å². The van der Waals surface area contributed by atoms with Crippen LogP contribution in [0.4, 0.5) is 5.82 Å². The smallest absolute Gasteiger partial charge is 0.129 e. The Morgan fingerprint density at radius 2 is 2.00 bits per heavy atom. The largest absolute Gasteiger partial charge is 0.383 e. The van der Waals surface area contributed by atoms with Crippen molar-refractivity contribution < 1.29 is 0 Å². The van der Waals surface area contributed by atoms with E-state index >= 15 is 0 Å². The average molecular weight is 268 g/mol. The van der Waals surface area contributed by atoms with E-state index in [0.717, 1.165) is 28.8 Å². The van der Waals surface area contributed by atoms with Gasteiger partial charge in [0, 0.05) is 36.5 Å². The molecule has 2 aliphatic carbocycles. The third kappa shape index (κ3) is 1.67. The Morgan fingerprint density at radius 1 is 1.25 bits per heavy atom. The molecule has 0 aliphatic heterocycles. The number of hydrogen-bond donors (Lipinski definition) is 1. The van der Waals surface area contributed by atoms with Gasteiger partial charge in [-0.2, -0.15) is 5.10 Å². The Bertz CT molecular complexity index is 619. The lowest BCUT2D eigenvalue weighted by Crippen LogP contribution is -1.98. The van der Waals surface area contributed by atoms with E-state index in [1.54, 1.807) is 6.20 Å². The molecule has 2 fully saturated rings. The fourth-order valence-electron chi connectivity index (χ4n) is 4.00. The molecule has 0 bridgehead atoms. The van der Waals surface area contributed by atoms with Gasteiger partial charge >= 0.3 is 0 Å². The van der Waals surface area contributed by atoms with Crippen LogP contribution in [0.5, 0.6) is 0 Å². The minimum absolute atomic E-state index is 0.621. The number of aryl methyl sites for hydroxylation is 1. The molecular weight excluding hydrogens is 248 g/mol. The average Bonchev–Trinajstić information content (AvgIpc) is 3.14. The molecule has 104 valence electrons. The molecule has 0 amide bonds. The third-order valence-corrected chi connectivity index (χ3v) is 5.04. The van der Waals surface area contributed by atoms with Gasteiger partial charge in [0.2, 0.25) is 0 Å². The van der Waals surface area contributed by atoms with Crippen molar-refractivity contribution in [1.29, 1.82) is 0 Å². The van der Waals surface area contributed by atoms with Crippen molar-refractivity contribution >= 4 is 5.82 Å². The molecule has 2 aromatic heterocycles. The number of anilines is 1. The first-order chi connectivity index (χ1) is 9.77. The SMILES string of the molecule is Cn1nc(C2C3CCCCC32)c(-c2cccnc2)c1N. The van der Waals surface area contributed by atoms with Crippen molar-refractivity contribution in [3.8, 4) is 11.1 Å². The summed E-state index contributed by atoms with van der Waals surface area (Å²) in [6.07, 6.45) is 9.16. The van der Waals surface area contributed by atoms with Crippen molar-refractivity contribution in [2.75, 3.05) is 5.73 Å². The summed E-state index contributed by atoms with van der Waals surface area (Å²) in [6.45, 7) is 0. The molecule has 2 N–H and O–H groups in total. The number of hydrogen-bond acceptors (Lipinski definition) is 3. The number of aromatic nitrogens is 3. The molecule has 0 spiro atoms. The van der Waals surface area contributed by atoms with E-state index in [-0.39, 0.29) is 0 Å². The maximum absolute atomic E-state index is 6.26. The van der Waals surface area contributed by atoms with Crippen LogP contribution >= 0.6 is 0 Å². The summed E-state index contributed by atoms with van der Waals surface area (Å²) in [6, 6.07) is 4.04. The minimum atomic E-state index is 0.621. The summed E-state index contributed by atoms with van der Waals surface area (Å²) in [4.78, 5) is 4.23. The van der Waals surface area contributed by atoms with Crippen molar-refractivity contribution in [2.24, 2.45) is 18.9 Å². The van der Waals surface area contributed by atoms with E-state index in [2.05, 4.69) is 11.1 Å². The van der Waals surface area contributed by atoms with Gasteiger partial charge in [0.1, 0.15) is 5.82 Å². The van der Waals surface area contributed by atoms with E-state index in [0.29, 0.717) is 5.92 Å². The number of nitrogens with zero attached hydrogens (tertiary/aromatic N) is 3. The van der Waals surface area contributed by atoms with E-state index in [4.69, 9.17) is 10.8 Å². The highest BCUT2D eigenvalue weighted by molar-refractivity contribution is 5.77. The zero-order valence-electron chi connectivity index (χ0n) is 11.8. The van der Waals surface area contributed by atoms with Gasteiger partial charge in [-0.1, -0.05) is 18.9 Å². The van der Waals surface area contributed by atoms with Crippen molar-refractivity contribution in [3.05, 3.63) is 30.2 Å². The van der Waals surface area contributed by atoms with Crippen LogP contribution in [0.2, 0.25) is 0 Å². The fourth-order valence-corrected chi connectivity index (χ4v) is 4.00. The molecule has 4 nitrogen and oxygen atoms in total. The van der Waals surface area contributed by atoms with Gasteiger partial charge in [-0.15, -0.1) is 0 Å². The van der Waals surface area contributed by atoms with Crippen LogP contribution in [0.15, 0.2) is 24.5 Å². The Balaban J connectivity index is 1.79. The van der Waals surface area contributed by atoms with Gasteiger partial charge < -0.3 is 5.73 Å². The number of rotatable bonds is 2. The highest BCUT2D eigenvalue weighted by Crippen LogP contribution is 2.62. The molecule has 4 rings (SSSR count). The van der Waals surface area contributed by atoms with Gasteiger partial charge in [0.15, 0.2) is 0 Å².